The van der Waals surface area contributed by atoms with E-state index in [0.29, 0.717) is 31.7 Å². The predicted molar refractivity (Wildman–Crippen MR) is 85.4 cm³/mol. The minimum atomic E-state index is -0.891. The molecule has 1 aromatic carbocycles. The summed E-state index contributed by atoms with van der Waals surface area (Å²) in [4.78, 5) is 14.2. The maximum Gasteiger partial charge on any atom is 0.224 e. The summed E-state index contributed by atoms with van der Waals surface area (Å²) in [7, 11) is 0. The third kappa shape index (κ3) is 4.22. The normalized spacial score (nSPS) is 25.4. The van der Waals surface area contributed by atoms with Crippen LogP contribution in [0.15, 0.2) is 18.2 Å². The zero-order valence-electron chi connectivity index (χ0n) is 12.8. The molecule has 2 aliphatic heterocycles. The van der Waals surface area contributed by atoms with Crippen LogP contribution in [0.1, 0.15) is 18.1 Å². The molecule has 0 saturated carbocycles. The van der Waals surface area contributed by atoms with Crippen LogP contribution in [0.5, 0.6) is 0 Å². The lowest BCUT2D eigenvalue weighted by atomic mass is 10.1. The SMILES string of the molecule is O=C(CC1CSCCN1)N1CCOC(c2ccc(F)c(F)c2)C1. The van der Waals surface area contributed by atoms with Gasteiger partial charge in [-0.15, -0.1) is 0 Å². The Morgan fingerprint density at radius 3 is 3.00 bits per heavy atom. The Balaban J connectivity index is 1.60. The van der Waals surface area contributed by atoms with Crippen molar-refractivity contribution in [3.63, 3.8) is 0 Å². The highest BCUT2D eigenvalue weighted by atomic mass is 32.2. The molecule has 0 aromatic heterocycles. The van der Waals surface area contributed by atoms with E-state index >= 15 is 0 Å². The van der Waals surface area contributed by atoms with E-state index in [-0.39, 0.29) is 11.9 Å². The number of ether oxygens (including phenoxy) is 1. The molecule has 2 saturated heterocycles. The Bertz CT molecular complexity index is 567. The molecule has 4 nitrogen and oxygen atoms in total. The highest BCUT2D eigenvalue weighted by Gasteiger charge is 2.27. The number of thioether (sulfide) groups is 1. The maximum atomic E-state index is 13.4. The van der Waals surface area contributed by atoms with Crippen LogP contribution < -0.4 is 5.32 Å². The quantitative estimate of drug-likeness (QED) is 0.912. The molecule has 7 heteroatoms. The van der Waals surface area contributed by atoms with Gasteiger partial charge in [-0.25, -0.2) is 8.78 Å². The van der Waals surface area contributed by atoms with Gasteiger partial charge in [0.1, 0.15) is 6.10 Å². The Kier molecular flexibility index (Phi) is 5.50. The largest absolute Gasteiger partial charge is 0.370 e. The number of morpholine rings is 1. The summed E-state index contributed by atoms with van der Waals surface area (Å²) in [5.74, 6) is 0.348. The smallest absolute Gasteiger partial charge is 0.224 e. The Labute approximate surface area is 138 Å². The number of hydrogen-bond donors (Lipinski definition) is 1. The molecule has 2 heterocycles. The topological polar surface area (TPSA) is 41.6 Å². The highest BCUT2D eigenvalue weighted by molar-refractivity contribution is 7.99. The second-order valence-electron chi connectivity index (χ2n) is 5.80. The van der Waals surface area contributed by atoms with Crippen LogP contribution in [-0.4, -0.2) is 54.6 Å². The van der Waals surface area contributed by atoms with Gasteiger partial charge < -0.3 is 15.0 Å². The van der Waals surface area contributed by atoms with Crippen LogP contribution >= 0.6 is 11.8 Å². The molecule has 1 amide bonds. The summed E-state index contributed by atoms with van der Waals surface area (Å²) in [5, 5.41) is 3.35. The molecule has 1 N–H and O–H groups in total. The molecule has 0 aliphatic carbocycles. The van der Waals surface area contributed by atoms with Crippen LogP contribution in [0.25, 0.3) is 0 Å². The molecular weight excluding hydrogens is 322 g/mol. The molecular formula is C16H20F2N2O2S. The minimum absolute atomic E-state index is 0.0842. The molecule has 0 spiro atoms. The van der Waals surface area contributed by atoms with E-state index in [0.717, 1.165) is 30.2 Å². The van der Waals surface area contributed by atoms with Crippen molar-refractivity contribution in [1.29, 1.82) is 0 Å². The first-order chi connectivity index (χ1) is 11.1. The summed E-state index contributed by atoms with van der Waals surface area (Å²) in [6.07, 6.45) is 0.0637. The van der Waals surface area contributed by atoms with Crippen molar-refractivity contribution in [3.05, 3.63) is 35.4 Å². The number of carbonyl (C=O) groups excluding carboxylic acids is 1. The first-order valence-corrected chi connectivity index (χ1v) is 8.94. The fourth-order valence-corrected chi connectivity index (χ4v) is 3.83. The molecule has 3 rings (SSSR count). The van der Waals surface area contributed by atoms with Gasteiger partial charge in [-0.3, -0.25) is 4.79 Å². The number of nitrogens with one attached hydrogen (secondary N) is 1. The highest BCUT2D eigenvalue weighted by Crippen LogP contribution is 2.24. The van der Waals surface area contributed by atoms with E-state index in [4.69, 9.17) is 4.74 Å². The number of halogens is 2. The Morgan fingerprint density at radius 1 is 1.39 bits per heavy atom. The van der Waals surface area contributed by atoms with Crippen LogP contribution in [0.2, 0.25) is 0 Å². The van der Waals surface area contributed by atoms with Crippen molar-refractivity contribution < 1.29 is 18.3 Å². The van der Waals surface area contributed by atoms with Gasteiger partial charge in [-0.2, -0.15) is 11.8 Å². The van der Waals surface area contributed by atoms with E-state index in [1.54, 1.807) is 4.90 Å². The number of benzene rings is 1. The minimum Gasteiger partial charge on any atom is -0.370 e. The number of nitrogens with zero attached hydrogens (tertiary/aromatic N) is 1. The number of hydrogen-bond acceptors (Lipinski definition) is 4. The van der Waals surface area contributed by atoms with Gasteiger partial charge in [0.2, 0.25) is 5.91 Å². The number of carbonyl (C=O) groups is 1. The number of rotatable bonds is 3. The average Bonchev–Trinajstić information content (AvgIpc) is 2.58. The van der Waals surface area contributed by atoms with Crippen LogP contribution in [-0.2, 0) is 9.53 Å². The van der Waals surface area contributed by atoms with Crippen molar-refractivity contribution in [3.8, 4) is 0 Å². The zero-order chi connectivity index (χ0) is 16.2. The summed E-state index contributed by atoms with van der Waals surface area (Å²) < 4.78 is 32.0. The molecule has 2 fully saturated rings. The second kappa shape index (κ2) is 7.59. The van der Waals surface area contributed by atoms with Gasteiger partial charge >= 0.3 is 0 Å². The van der Waals surface area contributed by atoms with Gasteiger partial charge in [0, 0.05) is 37.1 Å². The predicted octanol–water partition coefficient (Wildman–Crippen LogP) is 1.96. The van der Waals surface area contributed by atoms with Crippen molar-refractivity contribution in [1.82, 2.24) is 10.2 Å². The average molecular weight is 342 g/mol. The van der Waals surface area contributed by atoms with Crippen molar-refractivity contribution in [2.75, 3.05) is 37.7 Å². The summed E-state index contributed by atoms with van der Waals surface area (Å²) in [6.45, 7) is 2.26. The lowest BCUT2D eigenvalue weighted by molar-refractivity contribution is -0.139. The van der Waals surface area contributed by atoms with E-state index in [1.165, 1.54) is 6.07 Å². The molecule has 2 unspecified atom stereocenters. The fraction of sp³-hybridized carbons (Fsp3) is 0.562. The van der Waals surface area contributed by atoms with Crippen molar-refractivity contribution in [2.24, 2.45) is 0 Å². The van der Waals surface area contributed by atoms with E-state index < -0.39 is 17.7 Å². The lowest BCUT2D eigenvalue weighted by Crippen LogP contribution is -2.46. The standard InChI is InChI=1S/C16H20F2N2O2S/c17-13-2-1-11(7-14(13)18)15-9-20(4-5-22-15)16(21)8-12-10-23-6-3-19-12/h1-2,7,12,15,19H,3-6,8-10H2. The molecule has 0 radical (unpaired) electrons. The molecule has 1 aromatic rings. The van der Waals surface area contributed by atoms with Gasteiger partial charge in [0.05, 0.1) is 13.2 Å². The molecule has 23 heavy (non-hydrogen) atoms. The van der Waals surface area contributed by atoms with Gasteiger partial charge in [0.15, 0.2) is 11.6 Å². The van der Waals surface area contributed by atoms with E-state index in [2.05, 4.69) is 5.32 Å². The monoisotopic (exact) mass is 342 g/mol. The van der Waals surface area contributed by atoms with Crippen LogP contribution in [0.4, 0.5) is 8.78 Å². The fourth-order valence-electron chi connectivity index (χ4n) is 2.88. The molecule has 126 valence electrons. The number of amides is 1. The first kappa shape index (κ1) is 16.7. The zero-order valence-corrected chi connectivity index (χ0v) is 13.6. The van der Waals surface area contributed by atoms with Crippen molar-refractivity contribution in [2.45, 2.75) is 18.6 Å². The van der Waals surface area contributed by atoms with E-state index in [9.17, 15) is 13.6 Å². The first-order valence-electron chi connectivity index (χ1n) is 7.79. The summed E-state index contributed by atoms with van der Waals surface area (Å²) >= 11 is 1.86. The van der Waals surface area contributed by atoms with Gasteiger partial charge in [-0.1, -0.05) is 6.07 Å². The molecule has 0 bridgehead atoms. The Morgan fingerprint density at radius 2 is 2.26 bits per heavy atom. The van der Waals surface area contributed by atoms with Gasteiger partial charge in [0.25, 0.3) is 0 Å². The lowest BCUT2D eigenvalue weighted by Gasteiger charge is -2.34. The third-order valence-corrected chi connectivity index (χ3v) is 5.28. The van der Waals surface area contributed by atoms with Crippen LogP contribution in [0, 0.1) is 11.6 Å². The molecule has 2 atom stereocenters. The summed E-state index contributed by atoms with van der Waals surface area (Å²) in [6, 6.07) is 3.97. The van der Waals surface area contributed by atoms with E-state index in [1.807, 2.05) is 11.8 Å². The second-order valence-corrected chi connectivity index (χ2v) is 6.95. The van der Waals surface area contributed by atoms with Crippen LogP contribution in [0.3, 0.4) is 0 Å². The van der Waals surface area contributed by atoms with Crippen molar-refractivity contribution >= 4 is 17.7 Å². The third-order valence-electron chi connectivity index (χ3n) is 4.15. The Hall–Kier alpha value is -1.18. The summed E-state index contributed by atoms with van der Waals surface area (Å²) in [5.41, 5.74) is 0.563. The molecule has 2 aliphatic rings. The maximum absolute atomic E-state index is 13.4. The van der Waals surface area contributed by atoms with Gasteiger partial charge in [-0.05, 0) is 17.7 Å².